The van der Waals surface area contributed by atoms with Crippen molar-refractivity contribution in [2.75, 3.05) is 77.2 Å². The monoisotopic (exact) mass is 1090 g/mol. The van der Waals surface area contributed by atoms with Crippen molar-refractivity contribution in [1.29, 1.82) is 0 Å². The number of benzene rings is 4. The van der Waals surface area contributed by atoms with Crippen LogP contribution in [0.5, 0.6) is 11.5 Å². The van der Waals surface area contributed by atoms with E-state index in [1.165, 1.54) is 18.3 Å². The van der Waals surface area contributed by atoms with Gasteiger partial charge in [0.1, 0.15) is 35.3 Å². The number of carbonyl (C=O) groups is 4. The predicted octanol–water partition coefficient (Wildman–Crippen LogP) is 7.51. The van der Waals surface area contributed by atoms with Crippen molar-refractivity contribution in [3.05, 3.63) is 165 Å². The molecule has 0 bridgehead atoms. The number of pyridine rings is 2. The topological polar surface area (TPSA) is 248 Å². The van der Waals surface area contributed by atoms with Gasteiger partial charge in [-0.15, -0.1) is 12.4 Å². The second kappa shape index (κ2) is 26.8. The molecule has 2 saturated heterocycles. The smallest absolute Gasteiger partial charge is 0.328 e. The minimum absolute atomic E-state index is 0. The molecule has 20 heteroatoms. The molecule has 0 spiro atoms. The van der Waals surface area contributed by atoms with Crippen LogP contribution >= 0.6 is 35.6 Å². The number of amides is 3. The Morgan fingerprint density at radius 1 is 0.618 bits per heavy atom. The summed E-state index contributed by atoms with van der Waals surface area (Å²) in [6, 6.07) is 29.9. The van der Waals surface area contributed by atoms with E-state index in [4.69, 9.17) is 64.5 Å². The van der Waals surface area contributed by atoms with Crippen LogP contribution in [0.15, 0.2) is 122 Å². The first-order valence-electron chi connectivity index (χ1n) is 24.2. The van der Waals surface area contributed by atoms with E-state index in [-0.39, 0.29) is 42.3 Å². The molecule has 0 aliphatic carbocycles. The number of nitrogen functional groups attached to an aromatic ring is 2. The van der Waals surface area contributed by atoms with E-state index in [1.54, 1.807) is 36.5 Å². The van der Waals surface area contributed by atoms with Gasteiger partial charge in [0.25, 0.3) is 11.8 Å². The molecule has 4 aliphatic heterocycles. The van der Waals surface area contributed by atoms with Gasteiger partial charge in [-0.1, -0.05) is 47.5 Å². The van der Waals surface area contributed by atoms with Gasteiger partial charge in [-0.05, 0) is 118 Å². The summed E-state index contributed by atoms with van der Waals surface area (Å²) in [6.45, 7) is 5.67. The molecular formula is C56H57Cl3N8O9. The molecule has 6 aromatic rings. The molecule has 2 unspecified atom stereocenters. The number of aromatic nitrogens is 2. The Bertz CT molecular complexity index is 3040. The van der Waals surface area contributed by atoms with Crippen LogP contribution in [0.1, 0.15) is 43.0 Å². The Hall–Kier alpha value is -7.51. The van der Waals surface area contributed by atoms with Gasteiger partial charge in [0.05, 0.1) is 43.0 Å². The summed E-state index contributed by atoms with van der Waals surface area (Å²) in [5.74, 6) is 1.09. The number of anilines is 2. The lowest BCUT2D eigenvalue weighted by Gasteiger charge is -2.26. The molecule has 6 heterocycles. The van der Waals surface area contributed by atoms with Gasteiger partial charge in [-0.25, -0.2) is 14.8 Å². The molecule has 76 heavy (non-hydrogen) atoms. The first kappa shape index (κ1) is 56.2. The van der Waals surface area contributed by atoms with Crippen LogP contribution in [-0.2, 0) is 31.9 Å². The highest BCUT2D eigenvalue weighted by Gasteiger charge is 2.28. The zero-order chi connectivity index (χ0) is 52.8. The average Bonchev–Trinajstić information content (AvgIpc) is 4.08. The summed E-state index contributed by atoms with van der Waals surface area (Å²) >= 11 is 12.9. The number of morpholine rings is 2. The van der Waals surface area contributed by atoms with Crippen molar-refractivity contribution >= 4 is 83.1 Å². The molecule has 10 rings (SSSR count). The van der Waals surface area contributed by atoms with Gasteiger partial charge in [0.2, 0.25) is 5.91 Å². The third-order valence-electron chi connectivity index (χ3n) is 12.5. The minimum atomic E-state index is -0.980. The Morgan fingerprint density at radius 2 is 1.05 bits per heavy atom. The van der Waals surface area contributed by atoms with Crippen LogP contribution in [0.3, 0.4) is 0 Å². The van der Waals surface area contributed by atoms with Crippen LogP contribution in [0, 0.1) is 0 Å². The molecule has 4 aromatic carbocycles. The number of hydrogen-bond acceptors (Lipinski definition) is 13. The van der Waals surface area contributed by atoms with Gasteiger partial charge in [0.15, 0.2) is 0 Å². The number of nitrogens with one attached hydrogen (secondary N) is 1. The third-order valence-corrected chi connectivity index (χ3v) is 13.0. The number of fused-ring (bicyclic) bond motifs is 2. The third kappa shape index (κ3) is 15.1. The highest BCUT2D eigenvalue weighted by molar-refractivity contribution is 6.33. The molecule has 2 aromatic heterocycles. The molecule has 0 saturated carbocycles. The van der Waals surface area contributed by atoms with Crippen molar-refractivity contribution in [1.82, 2.24) is 25.1 Å². The largest absolute Gasteiger partial charge is 0.487 e. The maximum atomic E-state index is 12.7. The number of carboxylic acid groups (broad SMARTS) is 1. The molecule has 2 atom stereocenters. The quantitative estimate of drug-likeness (QED) is 0.0788. The number of rotatable bonds is 11. The van der Waals surface area contributed by atoms with Crippen molar-refractivity contribution < 1.29 is 43.2 Å². The molecule has 4 aliphatic rings. The SMILES string of the molecule is Cl.NCC1Cc2cc(-c3ccc(C(=O)N4CCOCC4)cc3)cc(Cl)c2O1.Nc1ccc(/C=C/C(=O)NCC2Cc3cc(-c4ccc(C(=O)N5CCOCC5)cc4)cc(Cl)c3O2)cn1.Nc1ccc(/C=C/C(=O)O)cn1. The second-order valence-corrected chi connectivity index (χ2v) is 18.6. The van der Waals surface area contributed by atoms with E-state index in [1.807, 2.05) is 70.5 Å². The minimum Gasteiger partial charge on any atom is -0.487 e. The average molecular weight is 1090 g/mol. The highest BCUT2D eigenvalue weighted by Crippen LogP contribution is 2.41. The number of ether oxygens (including phenoxy) is 4. The maximum Gasteiger partial charge on any atom is 0.328 e. The summed E-state index contributed by atoms with van der Waals surface area (Å²) in [7, 11) is 0. The first-order chi connectivity index (χ1) is 36.3. The summed E-state index contributed by atoms with van der Waals surface area (Å²) in [6.07, 6.45) is 9.91. The van der Waals surface area contributed by atoms with Gasteiger partial charge in [-0.2, -0.15) is 0 Å². The number of nitrogens with two attached hydrogens (primary N) is 3. The normalized spacial score (nSPS) is 16.4. The predicted molar refractivity (Wildman–Crippen MR) is 296 cm³/mol. The van der Waals surface area contributed by atoms with Crippen molar-refractivity contribution in [2.45, 2.75) is 25.0 Å². The van der Waals surface area contributed by atoms with Crippen molar-refractivity contribution in [2.24, 2.45) is 5.73 Å². The van der Waals surface area contributed by atoms with Crippen LogP contribution in [-0.4, -0.2) is 126 Å². The van der Waals surface area contributed by atoms with Gasteiger partial charge in [0, 0.05) is 92.4 Å². The van der Waals surface area contributed by atoms with E-state index < -0.39 is 5.97 Å². The Kier molecular flexibility index (Phi) is 19.8. The molecule has 3 amide bonds. The van der Waals surface area contributed by atoms with E-state index in [9.17, 15) is 19.2 Å². The number of carbonyl (C=O) groups excluding carboxylic acids is 3. The molecule has 0 radical (unpaired) electrons. The second-order valence-electron chi connectivity index (χ2n) is 17.8. The Morgan fingerprint density at radius 3 is 1.47 bits per heavy atom. The number of halogens is 3. The fraction of sp³-hybridized carbons (Fsp3) is 0.250. The van der Waals surface area contributed by atoms with Gasteiger partial charge in [-0.3, -0.25) is 14.4 Å². The van der Waals surface area contributed by atoms with E-state index in [2.05, 4.69) is 27.4 Å². The van der Waals surface area contributed by atoms with Gasteiger partial charge < -0.3 is 56.4 Å². The van der Waals surface area contributed by atoms with E-state index in [0.717, 1.165) is 57.2 Å². The molecule has 2 fully saturated rings. The summed E-state index contributed by atoms with van der Waals surface area (Å²) in [5, 5.41) is 12.3. The summed E-state index contributed by atoms with van der Waals surface area (Å²) in [4.78, 5) is 59.0. The van der Waals surface area contributed by atoms with E-state index in [0.29, 0.717) is 116 Å². The number of aliphatic carboxylic acids is 1. The van der Waals surface area contributed by atoms with Gasteiger partial charge >= 0.3 is 5.97 Å². The lowest BCUT2D eigenvalue weighted by Crippen LogP contribution is -2.40. The summed E-state index contributed by atoms with van der Waals surface area (Å²) < 4.78 is 22.4. The van der Waals surface area contributed by atoms with Crippen LogP contribution in [0.25, 0.3) is 34.4 Å². The fourth-order valence-corrected chi connectivity index (χ4v) is 9.07. The number of hydrogen-bond donors (Lipinski definition) is 5. The zero-order valence-corrected chi connectivity index (χ0v) is 43.6. The zero-order valence-electron chi connectivity index (χ0n) is 41.2. The maximum absolute atomic E-state index is 12.7. The van der Waals surface area contributed by atoms with E-state index >= 15 is 0 Å². The fourth-order valence-electron chi connectivity index (χ4n) is 8.51. The van der Waals surface area contributed by atoms with Crippen molar-refractivity contribution in [3.63, 3.8) is 0 Å². The molecule has 17 nitrogen and oxygen atoms in total. The molecule has 396 valence electrons. The lowest BCUT2D eigenvalue weighted by atomic mass is 9.99. The highest BCUT2D eigenvalue weighted by atomic mass is 35.5. The standard InChI is InChI=1S/C28H27ClN4O4.C20H21ClN2O3.C8H8N2O2.ClH/c29-24-15-21(19-3-5-20(6-4-19)28(35)33-9-11-36-12-10-33)13-22-14-23(37-27(22)24)17-32-26(34)8-2-18-1-7-25(30)31-16-18;21-18-11-15(9-16-10-17(12-22)26-19(16)18)13-1-3-14(4-2-13)20(24)23-5-7-25-8-6-23;9-7-3-1-6(5-10-7)2-4-8(11)12;/h1-8,13,15-16,23H,9-12,14,17H2,(H2,30,31)(H,32,34);1-4,9,11,17H,5-8,10,12,22H2;1-5H,(H2,9,10)(H,11,12);1H/b8-2+;;4-2+;. The van der Waals surface area contributed by atoms with Crippen LogP contribution < -0.4 is 32.0 Å². The summed E-state index contributed by atoms with van der Waals surface area (Å²) in [5.41, 5.74) is 25.5. The van der Waals surface area contributed by atoms with Crippen LogP contribution in [0.4, 0.5) is 11.6 Å². The Balaban J connectivity index is 0.000000186. The number of nitrogens with zero attached hydrogens (tertiary/aromatic N) is 4. The van der Waals surface area contributed by atoms with Crippen LogP contribution in [0.2, 0.25) is 10.0 Å². The number of carboxylic acids is 1. The lowest BCUT2D eigenvalue weighted by molar-refractivity contribution is -0.131. The first-order valence-corrected chi connectivity index (χ1v) is 25.0. The molecular weight excluding hydrogens is 1040 g/mol. The Labute approximate surface area is 456 Å². The molecule has 8 N–H and O–H groups in total. The van der Waals surface area contributed by atoms with Crippen molar-refractivity contribution in [3.8, 4) is 33.8 Å².